The third-order valence-corrected chi connectivity index (χ3v) is 2.66. The molecular formula is C13H14O3. The SMILES string of the molecule is CC/C=C1\CCOc2c(C(=O)O)cccc21. The molecule has 2 rings (SSSR count). The quantitative estimate of drug-likeness (QED) is 0.830. The number of ether oxygens (including phenoxy) is 1. The van der Waals surface area contributed by atoms with Gasteiger partial charge in [0.1, 0.15) is 11.3 Å². The lowest BCUT2D eigenvalue weighted by Crippen LogP contribution is -2.12. The molecular weight excluding hydrogens is 204 g/mol. The van der Waals surface area contributed by atoms with Crippen molar-refractivity contribution in [3.8, 4) is 5.75 Å². The molecule has 0 aliphatic carbocycles. The minimum Gasteiger partial charge on any atom is -0.492 e. The van der Waals surface area contributed by atoms with Gasteiger partial charge in [0.25, 0.3) is 0 Å². The smallest absolute Gasteiger partial charge is 0.339 e. The number of fused-ring (bicyclic) bond motifs is 1. The van der Waals surface area contributed by atoms with Crippen molar-refractivity contribution in [2.24, 2.45) is 0 Å². The molecule has 1 aliphatic heterocycles. The van der Waals surface area contributed by atoms with Crippen molar-refractivity contribution in [1.29, 1.82) is 0 Å². The van der Waals surface area contributed by atoms with Gasteiger partial charge in [0.15, 0.2) is 0 Å². The highest BCUT2D eigenvalue weighted by atomic mass is 16.5. The molecule has 16 heavy (non-hydrogen) atoms. The summed E-state index contributed by atoms with van der Waals surface area (Å²) in [6.45, 7) is 2.63. The van der Waals surface area contributed by atoms with Gasteiger partial charge in [-0.1, -0.05) is 25.1 Å². The van der Waals surface area contributed by atoms with E-state index in [9.17, 15) is 4.79 Å². The van der Waals surface area contributed by atoms with Gasteiger partial charge in [0, 0.05) is 12.0 Å². The maximum absolute atomic E-state index is 11.0. The molecule has 84 valence electrons. The summed E-state index contributed by atoms with van der Waals surface area (Å²) >= 11 is 0. The Hall–Kier alpha value is -1.77. The zero-order valence-corrected chi connectivity index (χ0v) is 9.19. The number of aromatic carboxylic acids is 1. The summed E-state index contributed by atoms with van der Waals surface area (Å²) in [5.41, 5.74) is 2.36. The van der Waals surface area contributed by atoms with E-state index in [-0.39, 0.29) is 5.56 Å². The molecule has 0 unspecified atom stereocenters. The summed E-state index contributed by atoms with van der Waals surface area (Å²) in [6.07, 6.45) is 3.93. The Morgan fingerprint density at radius 2 is 2.38 bits per heavy atom. The van der Waals surface area contributed by atoms with E-state index in [1.165, 1.54) is 5.57 Å². The van der Waals surface area contributed by atoms with E-state index in [1.807, 2.05) is 6.07 Å². The van der Waals surface area contributed by atoms with Crippen LogP contribution in [0.25, 0.3) is 5.57 Å². The van der Waals surface area contributed by atoms with Gasteiger partial charge < -0.3 is 9.84 Å². The van der Waals surface area contributed by atoms with Crippen LogP contribution in [0.5, 0.6) is 5.75 Å². The monoisotopic (exact) mass is 218 g/mol. The molecule has 1 aromatic carbocycles. The van der Waals surface area contributed by atoms with Crippen LogP contribution in [0.4, 0.5) is 0 Å². The number of benzene rings is 1. The Kier molecular flexibility index (Phi) is 2.95. The second-order valence-electron chi connectivity index (χ2n) is 3.72. The summed E-state index contributed by atoms with van der Waals surface area (Å²) < 4.78 is 5.47. The summed E-state index contributed by atoms with van der Waals surface area (Å²) in [5, 5.41) is 9.06. The first-order chi connectivity index (χ1) is 7.74. The summed E-state index contributed by atoms with van der Waals surface area (Å²) in [4.78, 5) is 11.0. The van der Waals surface area contributed by atoms with Gasteiger partial charge >= 0.3 is 5.97 Å². The number of hydrogen-bond donors (Lipinski definition) is 1. The van der Waals surface area contributed by atoms with Crippen molar-refractivity contribution >= 4 is 11.5 Å². The zero-order chi connectivity index (χ0) is 11.5. The minimum atomic E-state index is -0.936. The van der Waals surface area contributed by atoms with Gasteiger partial charge in [0.2, 0.25) is 0 Å². The number of carboxylic acid groups (broad SMARTS) is 1. The van der Waals surface area contributed by atoms with E-state index in [2.05, 4.69) is 13.0 Å². The van der Waals surface area contributed by atoms with Crippen LogP contribution in [-0.2, 0) is 0 Å². The van der Waals surface area contributed by atoms with Gasteiger partial charge in [-0.05, 0) is 18.1 Å². The largest absolute Gasteiger partial charge is 0.492 e. The Morgan fingerprint density at radius 3 is 3.06 bits per heavy atom. The average Bonchev–Trinajstić information content (AvgIpc) is 2.29. The van der Waals surface area contributed by atoms with Gasteiger partial charge in [0.05, 0.1) is 6.61 Å². The predicted octanol–water partition coefficient (Wildman–Crippen LogP) is 2.96. The highest BCUT2D eigenvalue weighted by Crippen LogP contribution is 2.35. The zero-order valence-electron chi connectivity index (χ0n) is 9.19. The molecule has 0 amide bonds. The number of hydrogen-bond acceptors (Lipinski definition) is 2. The van der Waals surface area contributed by atoms with Crippen molar-refractivity contribution in [2.75, 3.05) is 6.61 Å². The Bertz CT molecular complexity index is 446. The number of carboxylic acids is 1. The van der Waals surface area contributed by atoms with Gasteiger partial charge in [-0.15, -0.1) is 0 Å². The van der Waals surface area contributed by atoms with Crippen LogP contribution in [0, 0.1) is 0 Å². The fraction of sp³-hybridized carbons (Fsp3) is 0.308. The number of carbonyl (C=O) groups is 1. The number of rotatable bonds is 2. The molecule has 1 N–H and O–H groups in total. The lowest BCUT2D eigenvalue weighted by molar-refractivity contribution is 0.0692. The van der Waals surface area contributed by atoms with Crippen LogP contribution in [0.15, 0.2) is 24.3 Å². The topological polar surface area (TPSA) is 46.5 Å². The van der Waals surface area contributed by atoms with E-state index < -0.39 is 5.97 Å². The second-order valence-corrected chi connectivity index (χ2v) is 3.72. The Morgan fingerprint density at radius 1 is 1.56 bits per heavy atom. The molecule has 3 heteroatoms. The van der Waals surface area contributed by atoms with E-state index in [0.29, 0.717) is 12.4 Å². The van der Waals surface area contributed by atoms with Crippen LogP contribution in [-0.4, -0.2) is 17.7 Å². The fourth-order valence-corrected chi connectivity index (χ4v) is 1.97. The van der Waals surface area contributed by atoms with E-state index in [4.69, 9.17) is 9.84 Å². The standard InChI is InChI=1S/C13H14O3/c1-2-4-9-7-8-16-12-10(9)5-3-6-11(12)13(14)15/h3-6H,2,7-8H2,1H3,(H,14,15)/b9-4+. The molecule has 1 aliphatic rings. The van der Waals surface area contributed by atoms with Crippen LogP contribution < -0.4 is 4.74 Å². The van der Waals surface area contributed by atoms with Crippen LogP contribution >= 0.6 is 0 Å². The second kappa shape index (κ2) is 4.39. The third kappa shape index (κ3) is 1.81. The van der Waals surface area contributed by atoms with Crippen LogP contribution in [0.1, 0.15) is 35.7 Å². The summed E-state index contributed by atoms with van der Waals surface area (Å²) in [7, 11) is 0. The molecule has 0 bridgehead atoms. The van der Waals surface area contributed by atoms with Gasteiger partial charge in [-0.2, -0.15) is 0 Å². The maximum Gasteiger partial charge on any atom is 0.339 e. The van der Waals surface area contributed by atoms with E-state index >= 15 is 0 Å². The predicted molar refractivity (Wildman–Crippen MR) is 61.8 cm³/mol. The molecule has 0 radical (unpaired) electrons. The van der Waals surface area contributed by atoms with Crippen molar-refractivity contribution in [3.63, 3.8) is 0 Å². The molecule has 0 spiro atoms. The van der Waals surface area contributed by atoms with E-state index in [1.54, 1.807) is 12.1 Å². The normalized spacial score (nSPS) is 16.7. The molecule has 0 atom stereocenters. The van der Waals surface area contributed by atoms with Crippen LogP contribution in [0.2, 0.25) is 0 Å². The number of para-hydroxylation sites is 1. The lowest BCUT2D eigenvalue weighted by atomic mass is 9.96. The first-order valence-corrected chi connectivity index (χ1v) is 5.42. The fourth-order valence-electron chi connectivity index (χ4n) is 1.97. The molecule has 1 aromatic rings. The van der Waals surface area contributed by atoms with Crippen molar-refractivity contribution in [1.82, 2.24) is 0 Å². The van der Waals surface area contributed by atoms with Gasteiger partial charge in [-0.25, -0.2) is 4.79 Å². The van der Waals surface area contributed by atoms with Crippen molar-refractivity contribution in [2.45, 2.75) is 19.8 Å². The Labute approximate surface area is 94.4 Å². The highest BCUT2D eigenvalue weighted by Gasteiger charge is 2.21. The molecule has 3 nitrogen and oxygen atoms in total. The van der Waals surface area contributed by atoms with Gasteiger partial charge in [-0.3, -0.25) is 0 Å². The van der Waals surface area contributed by atoms with Crippen molar-refractivity contribution in [3.05, 3.63) is 35.4 Å². The average molecular weight is 218 g/mol. The minimum absolute atomic E-state index is 0.249. The highest BCUT2D eigenvalue weighted by molar-refractivity contribution is 5.93. The molecule has 0 aromatic heterocycles. The molecule has 0 saturated heterocycles. The van der Waals surface area contributed by atoms with Crippen molar-refractivity contribution < 1.29 is 14.6 Å². The van der Waals surface area contributed by atoms with Crippen LogP contribution in [0.3, 0.4) is 0 Å². The van der Waals surface area contributed by atoms with E-state index in [0.717, 1.165) is 18.4 Å². The first kappa shape index (κ1) is 10.7. The third-order valence-electron chi connectivity index (χ3n) is 2.66. The summed E-state index contributed by atoms with van der Waals surface area (Å²) in [5.74, 6) is -0.421. The number of allylic oxidation sites excluding steroid dienone is 1. The molecule has 0 fully saturated rings. The molecule has 1 heterocycles. The maximum atomic E-state index is 11.0. The molecule has 0 saturated carbocycles. The summed E-state index contributed by atoms with van der Waals surface area (Å²) in [6, 6.07) is 5.26. The first-order valence-electron chi connectivity index (χ1n) is 5.42. The Balaban J connectivity index is 2.55. The lowest BCUT2D eigenvalue weighted by Gasteiger charge is -2.21.